The van der Waals surface area contributed by atoms with Gasteiger partial charge in [-0.1, -0.05) is 123 Å². The predicted molar refractivity (Wildman–Crippen MR) is 211 cm³/mol. The van der Waals surface area contributed by atoms with E-state index in [9.17, 15) is 5.26 Å². The van der Waals surface area contributed by atoms with Gasteiger partial charge in [-0.2, -0.15) is 5.26 Å². The molecule has 3 heteroatoms. The summed E-state index contributed by atoms with van der Waals surface area (Å²) in [5.41, 5.74) is 15.8. The van der Waals surface area contributed by atoms with Crippen molar-refractivity contribution >= 4 is 28.0 Å². The first kappa shape index (κ1) is 30.4. The molecule has 0 bridgehead atoms. The normalized spacial score (nSPS) is 12.6. The van der Waals surface area contributed by atoms with Crippen molar-refractivity contribution in [3.8, 4) is 45.3 Å². The van der Waals surface area contributed by atoms with Crippen molar-refractivity contribution in [3.05, 3.63) is 193 Å². The lowest BCUT2D eigenvalue weighted by Gasteiger charge is -2.26. The number of hydrogen-bond acceptors (Lipinski definition) is 2. The molecule has 1 aliphatic carbocycles. The average molecular weight is 654 g/mol. The van der Waals surface area contributed by atoms with Crippen molar-refractivity contribution in [1.82, 2.24) is 4.57 Å². The number of anilines is 3. The summed E-state index contributed by atoms with van der Waals surface area (Å²) in [6.07, 6.45) is 0. The second-order valence-electron chi connectivity index (χ2n) is 13.8. The molecule has 3 nitrogen and oxygen atoms in total. The van der Waals surface area contributed by atoms with Gasteiger partial charge in [-0.25, -0.2) is 0 Å². The molecule has 0 unspecified atom stereocenters. The Labute approximate surface area is 298 Å². The molecular formula is C48H35N3. The number of benzene rings is 7. The first-order valence-corrected chi connectivity index (χ1v) is 17.4. The number of nitriles is 1. The van der Waals surface area contributed by atoms with Crippen LogP contribution >= 0.6 is 0 Å². The SMILES string of the molecule is CC1(C)c2ccccc2-c2c1c1cc(-c3ccc(N(c4ccccc4)c4ccc(-c5ccccc5)cc4)cc3)ccc1n2-c1cccc(C#N)c1. The largest absolute Gasteiger partial charge is 0.311 e. The molecule has 0 fully saturated rings. The third-order valence-electron chi connectivity index (χ3n) is 10.4. The molecule has 0 N–H and O–H groups in total. The van der Waals surface area contributed by atoms with E-state index in [1.807, 2.05) is 18.2 Å². The zero-order valence-electron chi connectivity index (χ0n) is 28.6. The monoisotopic (exact) mass is 653 g/mol. The molecular weight excluding hydrogens is 619 g/mol. The van der Waals surface area contributed by atoms with E-state index >= 15 is 0 Å². The molecule has 0 radical (unpaired) electrons. The molecule has 0 saturated heterocycles. The van der Waals surface area contributed by atoms with E-state index in [1.54, 1.807) is 0 Å². The molecule has 1 aromatic heterocycles. The van der Waals surface area contributed by atoms with Crippen molar-refractivity contribution in [2.45, 2.75) is 19.3 Å². The van der Waals surface area contributed by atoms with Crippen molar-refractivity contribution in [3.63, 3.8) is 0 Å². The average Bonchev–Trinajstić information content (AvgIpc) is 3.66. The summed E-state index contributed by atoms with van der Waals surface area (Å²) in [5.74, 6) is 0. The van der Waals surface area contributed by atoms with Crippen molar-refractivity contribution in [2.24, 2.45) is 0 Å². The maximum absolute atomic E-state index is 9.74. The molecule has 9 rings (SSSR count). The minimum absolute atomic E-state index is 0.184. The summed E-state index contributed by atoms with van der Waals surface area (Å²) in [7, 11) is 0. The van der Waals surface area contributed by atoms with Crippen LogP contribution in [-0.4, -0.2) is 4.57 Å². The van der Waals surface area contributed by atoms with Crippen molar-refractivity contribution in [2.75, 3.05) is 4.90 Å². The summed E-state index contributed by atoms with van der Waals surface area (Å²) in [6, 6.07) is 64.7. The van der Waals surface area contributed by atoms with Crippen LogP contribution in [0.4, 0.5) is 17.1 Å². The zero-order chi connectivity index (χ0) is 34.5. The fraction of sp³-hybridized carbons (Fsp3) is 0.0625. The van der Waals surface area contributed by atoms with Gasteiger partial charge in [0.25, 0.3) is 0 Å². The fourth-order valence-electron chi connectivity index (χ4n) is 7.97. The highest BCUT2D eigenvalue weighted by Gasteiger charge is 2.40. The lowest BCUT2D eigenvalue weighted by atomic mass is 9.81. The molecule has 7 aromatic carbocycles. The van der Waals surface area contributed by atoms with Crippen LogP contribution < -0.4 is 4.90 Å². The van der Waals surface area contributed by atoms with E-state index < -0.39 is 0 Å². The smallest absolute Gasteiger partial charge is 0.0992 e. The lowest BCUT2D eigenvalue weighted by Crippen LogP contribution is -2.14. The Morgan fingerprint density at radius 1 is 0.529 bits per heavy atom. The maximum atomic E-state index is 9.74. The van der Waals surface area contributed by atoms with Gasteiger partial charge in [-0.05, 0) is 100 Å². The highest BCUT2D eigenvalue weighted by atomic mass is 15.1. The standard InChI is InChI=1S/C48H35N3/c1-48(2)44-19-10-9-18-42(44)47-46(48)43-31-37(24-29-45(43)51(47)41-17-11-12-33(30-41)32-49)36-22-27-40(28-23-36)50(38-15-7-4-8-16-38)39-25-20-35(21-26-39)34-13-5-3-6-14-34/h3-31H,1-2H3. The van der Waals surface area contributed by atoms with Gasteiger partial charge in [0.05, 0.1) is 22.8 Å². The molecule has 0 amide bonds. The van der Waals surface area contributed by atoms with Gasteiger partial charge in [-0.15, -0.1) is 0 Å². The Morgan fingerprint density at radius 3 is 1.78 bits per heavy atom. The minimum atomic E-state index is -0.184. The Hall–Kier alpha value is -6.63. The van der Waals surface area contributed by atoms with Gasteiger partial charge < -0.3 is 9.47 Å². The second-order valence-corrected chi connectivity index (χ2v) is 13.8. The number of fused-ring (bicyclic) bond motifs is 5. The Balaban J connectivity index is 1.14. The van der Waals surface area contributed by atoms with Crippen molar-refractivity contribution < 1.29 is 0 Å². The van der Waals surface area contributed by atoms with Gasteiger partial charge in [0.2, 0.25) is 0 Å². The molecule has 1 aliphatic rings. The topological polar surface area (TPSA) is 32.0 Å². The van der Waals surface area contributed by atoms with Gasteiger partial charge in [0, 0.05) is 39.1 Å². The molecule has 8 aromatic rings. The van der Waals surface area contributed by atoms with E-state index in [-0.39, 0.29) is 5.41 Å². The minimum Gasteiger partial charge on any atom is -0.311 e. The first-order valence-electron chi connectivity index (χ1n) is 17.4. The molecule has 0 saturated carbocycles. The van der Waals surface area contributed by atoms with E-state index in [0.29, 0.717) is 5.56 Å². The summed E-state index contributed by atoms with van der Waals surface area (Å²) in [5, 5.41) is 11.0. The zero-order valence-corrected chi connectivity index (χ0v) is 28.6. The summed E-state index contributed by atoms with van der Waals surface area (Å²) in [4.78, 5) is 2.31. The highest BCUT2D eigenvalue weighted by molar-refractivity contribution is 6.01. The molecule has 0 atom stereocenters. The molecule has 0 spiro atoms. The number of aromatic nitrogens is 1. The maximum Gasteiger partial charge on any atom is 0.0992 e. The number of nitrogens with zero attached hydrogens (tertiary/aromatic N) is 3. The van der Waals surface area contributed by atoms with Crippen LogP contribution in [-0.2, 0) is 5.41 Å². The third kappa shape index (κ3) is 5.04. The fourth-order valence-corrected chi connectivity index (χ4v) is 7.97. The summed E-state index contributed by atoms with van der Waals surface area (Å²) >= 11 is 0. The van der Waals surface area contributed by atoms with E-state index in [4.69, 9.17) is 0 Å². The Bertz CT molecular complexity index is 2590. The Kier molecular flexibility index (Phi) is 7.19. The second kappa shape index (κ2) is 12.1. The van der Waals surface area contributed by atoms with E-state index in [1.165, 1.54) is 44.5 Å². The van der Waals surface area contributed by atoms with Gasteiger partial charge >= 0.3 is 0 Å². The molecule has 1 heterocycles. The van der Waals surface area contributed by atoms with Crippen LogP contribution in [0.1, 0.15) is 30.5 Å². The molecule has 0 aliphatic heterocycles. The van der Waals surface area contributed by atoms with Gasteiger partial charge in [-0.3, -0.25) is 0 Å². The predicted octanol–water partition coefficient (Wildman–Crippen LogP) is 12.6. The van der Waals surface area contributed by atoms with Gasteiger partial charge in [0.15, 0.2) is 0 Å². The van der Waals surface area contributed by atoms with Crippen molar-refractivity contribution in [1.29, 1.82) is 5.26 Å². The lowest BCUT2D eigenvalue weighted by molar-refractivity contribution is 0.666. The molecule has 51 heavy (non-hydrogen) atoms. The van der Waals surface area contributed by atoms with E-state index in [2.05, 4.69) is 187 Å². The Morgan fingerprint density at radius 2 is 1.10 bits per heavy atom. The van der Waals surface area contributed by atoms with Crippen LogP contribution in [0.25, 0.3) is 50.1 Å². The van der Waals surface area contributed by atoms with E-state index in [0.717, 1.165) is 33.8 Å². The number of rotatable bonds is 6. The van der Waals surface area contributed by atoms with Gasteiger partial charge in [0.1, 0.15) is 0 Å². The first-order chi connectivity index (χ1) is 25.0. The van der Waals surface area contributed by atoms with Crippen LogP contribution in [0.5, 0.6) is 0 Å². The van der Waals surface area contributed by atoms with Crippen LogP contribution in [0.3, 0.4) is 0 Å². The number of para-hydroxylation sites is 1. The van der Waals surface area contributed by atoms with Crippen LogP contribution in [0.2, 0.25) is 0 Å². The van der Waals surface area contributed by atoms with Crippen LogP contribution in [0, 0.1) is 11.3 Å². The quantitative estimate of drug-likeness (QED) is 0.179. The number of hydrogen-bond donors (Lipinski definition) is 0. The molecule has 242 valence electrons. The third-order valence-corrected chi connectivity index (χ3v) is 10.4. The van der Waals surface area contributed by atoms with Crippen LogP contribution in [0.15, 0.2) is 176 Å². The summed E-state index contributed by atoms with van der Waals surface area (Å²) < 4.78 is 2.35. The highest BCUT2D eigenvalue weighted by Crippen LogP contribution is 2.54. The summed E-state index contributed by atoms with van der Waals surface area (Å²) in [6.45, 7) is 4.67.